The summed E-state index contributed by atoms with van der Waals surface area (Å²) in [5.74, 6) is -3.43. The van der Waals surface area contributed by atoms with E-state index in [1.165, 1.54) is 19.1 Å². The first kappa shape index (κ1) is 20.7. The molecule has 28 heavy (non-hydrogen) atoms. The smallest absolute Gasteiger partial charge is 0.356 e. The molecule has 0 bridgehead atoms. The molecule has 0 saturated heterocycles. The maximum atomic E-state index is 12.8. The predicted molar refractivity (Wildman–Crippen MR) is 97.1 cm³/mol. The molecule has 1 aromatic carbocycles. The van der Waals surface area contributed by atoms with E-state index < -0.39 is 40.3 Å². The lowest BCUT2D eigenvalue weighted by atomic mass is 10.0. The fraction of sp³-hybridized carbons (Fsp3) is 0.263. The van der Waals surface area contributed by atoms with Gasteiger partial charge in [-0.2, -0.15) is 0 Å². The minimum absolute atomic E-state index is 0.0596. The first-order chi connectivity index (χ1) is 13.3. The van der Waals surface area contributed by atoms with Gasteiger partial charge < -0.3 is 19.3 Å². The molecule has 0 radical (unpaired) electrons. The maximum Gasteiger partial charge on any atom is 0.356 e. The van der Waals surface area contributed by atoms with Crippen LogP contribution in [-0.2, 0) is 14.2 Å². The highest BCUT2D eigenvalue weighted by atomic mass is 16.5. The molecule has 2 rings (SSSR count). The minimum atomic E-state index is -1.05. The second kappa shape index (κ2) is 8.38. The van der Waals surface area contributed by atoms with Gasteiger partial charge in [0.15, 0.2) is 5.69 Å². The summed E-state index contributed by atoms with van der Waals surface area (Å²) in [6.07, 6.45) is 0. The van der Waals surface area contributed by atoms with Crippen molar-refractivity contribution in [2.24, 2.45) is 0 Å². The normalized spacial score (nSPS) is 10.3. The van der Waals surface area contributed by atoms with Crippen molar-refractivity contribution >= 4 is 17.9 Å². The predicted octanol–water partition coefficient (Wildman–Crippen LogP) is 1.60. The Balaban J connectivity index is 3.06. The number of benzene rings is 1. The molecule has 1 heterocycles. The van der Waals surface area contributed by atoms with E-state index in [0.717, 1.165) is 24.9 Å². The summed E-state index contributed by atoms with van der Waals surface area (Å²) in [6, 6.07) is 5.21. The van der Waals surface area contributed by atoms with E-state index in [1.807, 2.05) is 0 Å². The van der Waals surface area contributed by atoms with Crippen LogP contribution >= 0.6 is 0 Å². The number of aromatic nitrogens is 1. The van der Waals surface area contributed by atoms with Crippen molar-refractivity contribution in [2.75, 3.05) is 20.8 Å². The Hall–Kier alpha value is -3.62. The Labute approximate surface area is 160 Å². The molecule has 0 aliphatic rings. The molecule has 1 N–H and O–H groups in total. The summed E-state index contributed by atoms with van der Waals surface area (Å²) >= 11 is 0. The van der Waals surface area contributed by atoms with Gasteiger partial charge in [-0.1, -0.05) is 6.07 Å². The van der Waals surface area contributed by atoms with E-state index >= 15 is 0 Å². The number of carbonyl (C=O) groups is 3. The number of hydrogen-bond donors (Lipinski definition) is 1. The van der Waals surface area contributed by atoms with Gasteiger partial charge in [0.05, 0.1) is 32.1 Å². The zero-order valence-corrected chi connectivity index (χ0v) is 15.8. The van der Waals surface area contributed by atoms with E-state index in [2.05, 4.69) is 4.74 Å². The first-order valence-electron chi connectivity index (χ1n) is 8.20. The summed E-state index contributed by atoms with van der Waals surface area (Å²) in [7, 11) is 2.11. The number of aryl methyl sites for hydroxylation is 1. The summed E-state index contributed by atoms with van der Waals surface area (Å²) < 4.78 is 15.1. The lowest BCUT2D eigenvalue weighted by Crippen LogP contribution is -2.31. The van der Waals surface area contributed by atoms with E-state index in [0.29, 0.717) is 5.56 Å². The fourth-order valence-corrected chi connectivity index (χ4v) is 2.63. The maximum absolute atomic E-state index is 12.8. The number of ether oxygens (including phenoxy) is 3. The lowest BCUT2D eigenvalue weighted by molar-refractivity contribution is 0.0488. The number of methoxy groups -OCH3 is 2. The molecule has 9 heteroatoms. The largest absolute Gasteiger partial charge is 0.506 e. The van der Waals surface area contributed by atoms with Crippen LogP contribution in [0.1, 0.15) is 43.7 Å². The van der Waals surface area contributed by atoms with Crippen LogP contribution in [0.5, 0.6) is 5.75 Å². The third-order valence-corrected chi connectivity index (χ3v) is 3.85. The highest BCUT2D eigenvalue weighted by Crippen LogP contribution is 2.26. The standard InChI is InChI=1S/C19H19NO8/c1-5-28-19(25)16-15(18(24)27-4)11(17(23)26-3)9-14(22)20(16)12-8-10(2)6-7-13(12)21/h6-9,21H,5H2,1-4H3. The highest BCUT2D eigenvalue weighted by molar-refractivity contribution is 6.09. The quantitative estimate of drug-likeness (QED) is 0.605. The average Bonchev–Trinajstić information content (AvgIpc) is 2.68. The molecule has 0 saturated carbocycles. The van der Waals surface area contributed by atoms with Crippen molar-refractivity contribution in [1.82, 2.24) is 4.57 Å². The molecule has 0 aliphatic heterocycles. The number of nitrogens with zero attached hydrogens (tertiary/aromatic N) is 1. The molecule has 1 aromatic heterocycles. The van der Waals surface area contributed by atoms with E-state index in [9.17, 15) is 24.3 Å². The number of pyridine rings is 1. The van der Waals surface area contributed by atoms with Crippen molar-refractivity contribution in [3.63, 3.8) is 0 Å². The van der Waals surface area contributed by atoms with Crippen molar-refractivity contribution in [2.45, 2.75) is 13.8 Å². The van der Waals surface area contributed by atoms with Crippen molar-refractivity contribution in [3.8, 4) is 11.4 Å². The molecule has 0 amide bonds. The van der Waals surface area contributed by atoms with Crippen molar-refractivity contribution < 1.29 is 33.7 Å². The van der Waals surface area contributed by atoms with Crippen LogP contribution in [0.2, 0.25) is 0 Å². The van der Waals surface area contributed by atoms with Crippen LogP contribution in [0, 0.1) is 6.92 Å². The Kier molecular flexibility index (Phi) is 6.19. The van der Waals surface area contributed by atoms with Gasteiger partial charge in [0, 0.05) is 6.07 Å². The van der Waals surface area contributed by atoms with Gasteiger partial charge in [0.25, 0.3) is 5.56 Å². The Morgan fingerprint density at radius 1 is 1.04 bits per heavy atom. The number of rotatable bonds is 5. The van der Waals surface area contributed by atoms with E-state index in [1.54, 1.807) is 13.0 Å². The molecular formula is C19H19NO8. The van der Waals surface area contributed by atoms with Crippen LogP contribution in [0.3, 0.4) is 0 Å². The molecule has 9 nitrogen and oxygen atoms in total. The highest BCUT2D eigenvalue weighted by Gasteiger charge is 2.32. The zero-order chi connectivity index (χ0) is 21.0. The second-order valence-electron chi connectivity index (χ2n) is 5.65. The van der Waals surface area contributed by atoms with Gasteiger partial charge >= 0.3 is 17.9 Å². The monoisotopic (exact) mass is 389 g/mol. The van der Waals surface area contributed by atoms with E-state index in [4.69, 9.17) is 9.47 Å². The summed E-state index contributed by atoms with van der Waals surface area (Å²) in [6.45, 7) is 3.18. The Morgan fingerprint density at radius 3 is 2.25 bits per heavy atom. The summed E-state index contributed by atoms with van der Waals surface area (Å²) in [5, 5.41) is 10.2. The molecular weight excluding hydrogens is 370 g/mol. The van der Waals surface area contributed by atoms with Gasteiger partial charge in [-0.25, -0.2) is 14.4 Å². The van der Waals surface area contributed by atoms with Gasteiger partial charge in [0.2, 0.25) is 0 Å². The topological polar surface area (TPSA) is 121 Å². The van der Waals surface area contributed by atoms with Crippen LogP contribution in [-0.4, -0.2) is 48.4 Å². The molecule has 2 aromatic rings. The Morgan fingerprint density at radius 2 is 1.68 bits per heavy atom. The molecule has 0 atom stereocenters. The summed E-state index contributed by atoms with van der Waals surface area (Å²) in [4.78, 5) is 50.0. The number of aromatic hydroxyl groups is 1. The first-order valence-corrected chi connectivity index (χ1v) is 8.20. The molecule has 148 valence electrons. The lowest BCUT2D eigenvalue weighted by Gasteiger charge is -2.18. The molecule has 0 aliphatic carbocycles. The SMILES string of the molecule is CCOC(=O)c1c(C(=O)OC)c(C(=O)OC)cc(=O)n1-c1cc(C)ccc1O. The molecule has 0 fully saturated rings. The average molecular weight is 389 g/mol. The second-order valence-corrected chi connectivity index (χ2v) is 5.65. The number of esters is 3. The van der Waals surface area contributed by atoms with Gasteiger partial charge in [0.1, 0.15) is 11.3 Å². The van der Waals surface area contributed by atoms with Crippen LogP contribution in [0.4, 0.5) is 0 Å². The van der Waals surface area contributed by atoms with E-state index in [-0.39, 0.29) is 18.0 Å². The van der Waals surface area contributed by atoms with Gasteiger partial charge in [-0.3, -0.25) is 9.36 Å². The van der Waals surface area contributed by atoms with Crippen LogP contribution in [0.15, 0.2) is 29.1 Å². The third kappa shape index (κ3) is 3.73. The summed E-state index contributed by atoms with van der Waals surface area (Å²) in [5.41, 5.74) is -1.75. The minimum Gasteiger partial charge on any atom is -0.506 e. The molecule has 0 spiro atoms. The van der Waals surface area contributed by atoms with Crippen molar-refractivity contribution in [3.05, 3.63) is 57.0 Å². The van der Waals surface area contributed by atoms with Crippen LogP contribution in [0.25, 0.3) is 5.69 Å². The number of hydrogen-bond acceptors (Lipinski definition) is 8. The van der Waals surface area contributed by atoms with Crippen molar-refractivity contribution in [1.29, 1.82) is 0 Å². The van der Waals surface area contributed by atoms with Gasteiger partial charge in [-0.15, -0.1) is 0 Å². The number of phenolic OH excluding ortho intramolecular Hbond substituents is 1. The number of carbonyl (C=O) groups excluding carboxylic acids is 3. The zero-order valence-electron chi connectivity index (χ0n) is 15.8. The fourth-order valence-electron chi connectivity index (χ4n) is 2.63. The third-order valence-electron chi connectivity index (χ3n) is 3.85. The number of phenols is 1. The van der Waals surface area contributed by atoms with Crippen LogP contribution < -0.4 is 5.56 Å². The van der Waals surface area contributed by atoms with Gasteiger partial charge in [-0.05, 0) is 31.5 Å². The molecule has 0 unspecified atom stereocenters. The Bertz CT molecular complexity index is 1010.